The van der Waals surface area contributed by atoms with Gasteiger partial charge in [-0.3, -0.25) is 9.59 Å². The van der Waals surface area contributed by atoms with Crippen LogP contribution in [0.25, 0.3) is 0 Å². The fourth-order valence-corrected chi connectivity index (χ4v) is 2.35. The van der Waals surface area contributed by atoms with E-state index in [1.54, 1.807) is 0 Å². The van der Waals surface area contributed by atoms with Crippen molar-refractivity contribution in [3.05, 3.63) is 23.8 Å². The van der Waals surface area contributed by atoms with E-state index in [1.165, 1.54) is 30.2 Å². The van der Waals surface area contributed by atoms with Gasteiger partial charge in [0.2, 0.25) is 11.8 Å². The summed E-state index contributed by atoms with van der Waals surface area (Å²) < 4.78 is 5.00. The van der Waals surface area contributed by atoms with Gasteiger partial charge in [0, 0.05) is 24.7 Å². The van der Waals surface area contributed by atoms with Gasteiger partial charge in [0.15, 0.2) is 0 Å². The number of carbonyl (C=O) groups excluding carboxylic acids is 2. The largest absolute Gasteiger partial charge is 0.496 e. The first-order valence-electron chi connectivity index (χ1n) is 7.00. The van der Waals surface area contributed by atoms with Crippen molar-refractivity contribution in [2.24, 2.45) is 0 Å². The number of nitrogens with one attached hydrogen (secondary N) is 1. The Kier molecular flexibility index (Phi) is 4.98. The van der Waals surface area contributed by atoms with Gasteiger partial charge in [-0.15, -0.1) is 0 Å². The highest BCUT2D eigenvalue weighted by atomic mass is 16.5. The van der Waals surface area contributed by atoms with E-state index in [9.17, 15) is 14.4 Å². The van der Waals surface area contributed by atoms with E-state index in [4.69, 9.17) is 9.84 Å². The van der Waals surface area contributed by atoms with Crippen molar-refractivity contribution < 1.29 is 24.2 Å². The molecule has 0 aliphatic carbocycles. The Morgan fingerprint density at radius 1 is 1.36 bits per heavy atom. The van der Waals surface area contributed by atoms with Crippen molar-refractivity contribution in [3.63, 3.8) is 0 Å². The fraction of sp³-hybridized carbons (Fsp3) is 0.400. The molecule has 7 heteroatoms. The lowest BCUT2D eigenvalue weighted by atomic mass is 10.1. The average Bonchev–Trinajstić information content (AvgIpc) is 2.49. The van der Waals surface area contributed by atoms with Crippen LogP contribution < -0.4 is 10.1 Å². The predicted octanol–water partition coefficient (Wildman–Crippen LogP) is 1.34. The molecule has 0 spiro atoms. The summed E-state index contributed by atoms with van der Waals surface area (Å²) in [6.45, 7) is 0.593. The summed E-state index contributed by atoms with van der Waals surface area (Å²) in [7, 11) is 1.36. The van der Waals surface area contributed by atoms with Crippen molar-refractivity contribution >= 4 is 23.5 Å². The molecule has 118 valence electrons. The van der Waals surface area contributed by atoms with Gasteiger partial charge in [-0.2, -0.15) is 0 Å². The van der Waals surface area contributed by atoms with Crippen molar-refractivity contribution in [2.75, 3.05) is 25.5 Å². The Hall–Kier alpha value is -2.57. The Morgan fingerprint density at radius 3 is 2.77 bits per heavy atom. The number of carboxylic acids is 1. The molecule has 1 aliphatic heterocycles. The normalized spacial score (nSPS) is 14.6. The van der Waals surface area contributed by atoms with E-state index in [0.717, 1.165) is 12.8 Å². The molecule has 0 radical (unpaired) electrons. The summed E-state index contributed by atoms with van der Waals surface area (Å²) in [6, 6.07) is 4.30. The molecule has 2 rings (SSSR count). The van der Waals surface area contributed by atoms with Crippen LogP contribution in [0, 0.1) is 0 Å². The predicted molar refractivity (Wildman–Crippen MR) is 79.0 cm³/mol. The lowest BCUT2D eigenvalue weighted by Crippen LogP contribution is -2.40. The van der Waals surface area contributed by atoms with Gasteiger partial charge in [0.25, 0.3) is 0 Å². The van der Waals surface area contributed by atoms with E-state index in [0.29, 0.717) is 18.7 Å². The zero-order valence-electron chi connectivity index (χ0n) is 12.3. The Bertz CT molecular complexity index is 600. The van der Waals surface area contributed by atoms with Crippen molar-refractivity contribution in [1.29, 1.82) is 0 Å². The quantitative estimate of drug-likeness (QED) is 0.856. The third kappa shape index (κ3) is 3.75. The topological polar surface area (TPSA) is 95.9 Å². The molecular weight excluding hydrogens is 288 g/mol. The Morgan fingerprint density at radius 2 is 2.14 bits per heavy atom. The lowest BCUT2D eigenvalue weighted by molar-refractivity contribution is -0.136. The molecule has 1 aromatic carbocycles. The minimum Gasteiger partial charge on any atom is -0.496 e. The van der Waals surface area contributed by atoms with E-state index in [2.05, 4.69) is 5.32 Å². The second-order valence-corrected chi connectivity index (χ2v) is 5.04. The molecule has 1 aromatic rings. The highest BCUT2D eigenvalue weighted by molar-refractivity contribution is 5.96. The molecule has 0 bridgehead atoms. The number of carboxylic acid groups (broad SMARTS) is 1. The van der Waals surface area contributed by atoms with Crippen molar-refractivity contribution in [2.45, 2.75) is 19.3 Å². The smallest absolute Gasteiger partial charge is 0.339 e. The highest BCUT2D eigenvalue weighted by Crippen LogP contribution is 2.23. The summed E-state index contributed by atoms with van der Waals surface area (Å²) in [5.41, 5.74) is 0.447. The zero-order valence-corrected chi connectivity index (χ0v) is 12.3. The first-order chi connectivity index (χ1) is 10.5. The number of rotatable bonds is 5. The maximum Gasteiger partial charge on any atom is 0.339 e. The number of anilines is 1. The van der Waals surface area contributed by atoms with Crippen LogP contribution in [-0.4, -0.2) is 48.0 Å². The van der Waals surface area contributed by atoms with Gasteiger partial charge < -0.3 is 20.1 Å². The number of nitrogens with zero attached hydrogens (tertiary/aromatic N) is 1. The molecule has 2 N–H and O–H groups in total. The van der Waals surface area contributed by atoms with Gasteiger partial charge in [0.1, 0.15) is 11.3 Å². The summed E-state index contributed by atoms with van der Waals surface area (Å²) in [5.74, 6) is -1.27. The summed E-state index contributed by atoms with van der Waals surface area (Å²) >= 11 is 0. The summed E-state index contributed by atoms with van der Waals surface area (Å²) in [4.78, 5) is 36.2. The monoisotopic (exact) mass is 306 g/mol. The van der Waals surface area contributed by atoms with Crippen molar-refractivity contribution in [1.82, 2.24) is 4.90 Å². The van der Waals surface area contributed by atoms with Crippen LogP contribution in [0.1, 0.15) is 29.6 Å². The van der Waals surface area contributed by atoms with Crippen LogP contribution >= 0.6 is 0 Å². The lowest BCUT2D eigenvalue weighted by Gasteiger charge is -2.26. The third-order valence-electron chi connectivity index (χ3n) is 3.47. The van der Waals surface area contributed by atoms with E-state index < -0.39 is 5.97 Å². The summed E-state index contributed by atoms with van der Waals surface area (Å²) in [5, 5.41) is 11.6. The number of piperidine rings is 1. The number of hydrogen-bond donors (Lipinski definition) is 2. The van der Waals surface area contributed by atoms with Gasteiger partial charge in [-0.05, 0) is 25.0 Å². The number of benzene rings is 1. The number of ether oxygens (including phenoxy) is 1. The first kappa shape index (κ1) is 15.8. The average molecular weight is 306 g/mol. The van der Waals surface area contributed by atoms with Gasteiger partial charge >= 0.3 is 5.97 Å². The van der Waals surface area contributed by atoms with Gasteiger partial charge in [-0.1, -0.05) is 0 Å². The van der Waals surface area contributed by atoms with E-state index in [1.807, 2.05) is 0 Å². The molecule has 1 aliphatic rings. The number of methoxy groups -OCH3 is 1. The van der Waals surface area contributed by atoms with E-state index in [-0.39, 0.29) is 29.7 Å². The van der Waals surface area contributed by atoms with Crippen LogP contribution in [0.3, 0.4) is 0 Å². The number of aromatic carboxylic acids is 1. The number of hydrogen-bond acceptors (Lipinski definition) is 4. The third-order valence-corrected chi connectivity index (χ3v) is 3.47. The molecular formula is C15H18N2O5. The second kappa shape index (κ2) is 6.93. The highest BCUT2D eigenvalue weighted by Gasteiger charge is 2.20. The molecule has 0 saturated carbocycles. The van der Waals surface area contributed by atoms with Crippen LogP contribution in [-0.2, 0) is 9.59 Å². The Labute approximate surface area is 127 Å². The van der Waals surface area contributed by atoms with Crippen LogP contribution in [0.15, 0.2) is 18.2 Å². The number of amides is 2. The number of likely N-dealkylation sites (tertiary alicyclic amines) is 1. The molecule has 22 heavy (non-hydrogen) atoms. The maximum absolute atomic E-state index is 12.0. The van der Waals surface area contributed by atoms with Crippen LogP contribution in [0.2, 0.25) is 0 Å². The Balaban J connectivity index is 2.02. The molecule has 7 nitrogen and oxygen atoms in total. The molecule has 0 aromatic heterocycles. The second-order valence-electron chi connectivity index (χ2n) is 5.04. The first-order valence-corrected chi connectivity index (χ1v) is 7.00. The minimum absolute atomic E-state index is 0.00182. The number of carbonyl (C=O) groups is 3. The van der Waals surface area contributed by atoms with Gasteiger partial charge in [0.05, 0.1) is 13.7 Å². The summed E-state index contributed by atoms with van der Waals surface area (Å²) in [6.07, 6.45) is 2.25. The molecule has 0 atom stereocenters. The molecule has 1 saturated heterocycles. The molecule has 1 heterocycles. The van der Waals surface area contributed by atoms with E-state index >= 15 is 0 Å². The standard InChI is InChI=1S/C15H18N2O5/c1-22-12-8-10(5-6-11(12)15(20)21)16-13(18)9-17-7-3-2-4-14(17)19/h5-6,8H,2-4,7,9H2,1H3,(H,16,18)(H,20,21). The molecule has 0 unspecified atom stereocenters. The SMILES string of the molecule is COc1cc(NC(=O)CN2CCCCC2=O)ccc1C(=O)O. The van der Waals surface area contributed by atoms with Gasteiger partial charge in [-0.25, -0.2) is 4.79 Å². The van der Waals surface area contributed by atoms with Crippen LogP contribution in [0.5, 0.6) is 5.75 Å². The molecule has 1 fully saturated rings. The maximum atomic E-state index is 12.0. The fourth-order valence-electron chi connectivity index (χ4n) is 2.35. The molecule has 2 amide bonds. The van der Waals surface area contributed by atoms with Crippen molar-refractivity contribution in [3.8, 4) is 5.75 Å². The minimum atomic E-state index is -1.10. The van der Waals surface area contributed by atoms with Crippen LogP contribution in [0.4, 0.5) is 5.69 Å². The zero-order chi connectivity index (χ0) is 16.1.